The first-order valence-electron chi connectivity index (χ1n) is 10.3. The number of aryl methyl sites for hydroxylation is 1. The van der Waals surface area contributed by atoms with Crippen molar-refractivity contribution in [2.75, 3.05) is 19.8 Å². The highest BCUT2D eigenvalue weighted by molar-refractivity contribution is 6.01. The largest absolute Gasteiger partial charge is 0.586 e. The van der Waals surface area contributed by atoms with Crippen LogP contribution in [0.4, 0.5) is 9.41 Å². The van der Waals surface area contributed by atoms with E-state index in [0.717, 1.165) is 51.7 Å². The van der Waals surface area contributed by atoms with Crippen LogP contribution in [0.25, 0.3) is 17.7 Å². The van der Waals surface area contributed by atoms with E-state index in [2.05, 4.69) is 30.1 Å². The molecule has 2 aromatic rings. The van der Waals surface area contributed by atoms with Gasteiger partial charge in [0.15, 0.2) is 17.2 Å². The molecule has 0 spiro atoms. The minimum atomic E-state index is 0. The lowest BCUT2D eigenvalue weighted by atomic mass is 10.0. The normalized spacial score (nSPS) is 14.1. The minimum Gasteiger partial charge on any atom is -0.490 e. The molecule has 3 N–H and O–H groups in total. The predicted molar refractivity (Wildman–Crippen MR) is 130 cm³/mol. The van der Waals surface area contributed by atoms with Gasteiger partial charge in [0, 0.05) is 23.4 Å². The summed E-state index contributed by atoms with van der Waals surface area (Å²) in [6.07, 6.45) is 10.6. The number of halogens is 2. The molecule has 0 bridgehead atoms. The highest BCUT2D eigenvalue weighted by Crippen LogP contribution is 2.30. The maximum atomic E-state index is 6.08. The van der Waals surface area contributed by atoms with Gasteiger partial charge in [-0.05, 0) is 69.1 Å². The molecule has 0 fully saturated rings. The molecule has 0 unspecified atom stereocenters. The summed E-state index contributed by atoms with van der Waals surface area (Å²) in [5.41, 5.74) is 12.2. The van der Waals surface area contributed by atoms with E-state index in [9.17, 15) is 0 Å². The fourth-order valence-electron chi connectivity index (χ4n) is 3.52. The summed E-state index contributed by atoms with van der Waals surface area (Å²) in [6.45, 7) is 7.77. The van der Waals surface area contributed by atoms with E-state index >= 15 is 0 Å². The summed E-state index contributed by atoms with van der Waals surface area (Å²) in [6, 6.07) is 8.09. The van der Waals surface area contributed by atoms with Crippen LogP contribution in [0.2, 0.25) is 0 Å². The molecule has 5 nitrogen and oxygen atoms in total. The number of hydrogen-bond acceptors (Lipinski definition) is 3. The summed E-state index contributed by atoms with van der Waals surface area (Å²) < 4.78 is 13.0. The smallest absolute Gasteiger partial charge is 0.490 e. The predicted octanol–water partition coefficient (Wildman–Crippen LogP) is 4.39. The summed E-state index contributed by atoms with van der Waals surface area (Å²) in [5, 5.41) is 0. The Morgan fingerprint density at radius 1 is 1.09 bits per heavy atom. The molecule has 3 rings (SSSR count). The Morgan fingerprint density at radius 2 is 1.81 bits per heavy atom. The van der Waals surface area contributed by atoms with Crippen molar-refractivity contribution in [1.29, 1.82) is 0 Å². The fourth-order valence-corrected chi connectivity index (χ4v) is 3.52. The van der Waals surface area contributed by atoms with Crippen molar-refractivity contribution in [3.8, 4) is 11.5 Å². The summed E-state index contributed by atoms with van der Waals surface area (Å²) >= 11 is 0. The molecule has 2 heterocycles. The second-order valence-corrected chi connectivity index (χ2v) is 7.01. The maximum absolute atomic E-state index is 6.08. The number of aromatic amines is 1. The van der Waals surface area contributed by atoms with Crippen molar-refractivity contribution in [3.05, 3.63) is 64.6 Å². The number of aromatic nitrogens is 1. The van der Waals surface area contributed by atoms with Gasteiger partial charge in [0.05, 0.1) is 18.9 Å². The number of hydrogen-bond donors (Lipinski definition) is 2. The molecule has 1 aromatic carbocycles. The number of nitrogens with zero attached hydrogens (tertiary/aromatic N) is 1. The van der Waals surface area contributed by atoms with Crippen LogP contribution < -0.4 is 15.2 Å². The SMILES string of the molecule is F.F.[B][N+]1=CC=CC1=C(CCN)c1[nH]c(/C=C/c2ccc(OCC)c(OCC)c2)cc1C. The van der Waals surface area contributed by atoms with Crippen LogP contribution in [0.5, 0.6) is 11.5 Å². The lowest BCUT2D eigenvalue weighted by Crippen LogP contribution is -2.09. The number of rotatable bonds is 9. The standard InChI is InChI=1S/C24H29BN3O2.2FH/c1-4-29-22-11-9-18(16-23(22)30-5-2)8-10-19-15-17(3)24(27-19)20(12-13-26)21-7-6-14-28(21)25;;/h6-11,14-16,27H,4-5,12-13,26H2,1-3H3;2*1H/q+1;;/b10-8+;;. The van der Waals surface area contributed by atoms with Crippen LogP contribution >= 0.6 is 0 Å². The Labute approximate surface area is 189 Å². The third kappa shape index (κ3) is 6.20. The molecule has 0 aliphatic carbocycles. The second-order valence-electron chi connectivity index (χ2n) is 7.01. The second kappa shape index (κ2) is 12.7. The lowest BCUT2D eigenvalue weighted by molar-refractivity contribution is -0.294. The van der Waals surface area contributed by atoms with Crippen molar-refractivity contribution in [1.82, 2.24) is 4.98 Å². The van der Waals surface area contributed by atoms with Gasteiger partial charge in [-0.3, -0.25) is 13.9 Å². The van der Waals surface area contributed by atoms with Gasteiger partial charge in [-0.1, -0.05) is 12.1 Å². The molecule has 1 aliphatic heterocycles. The summed E-state index contributed by atoms with van der Waals surface area (Å²) in [7, 11) is 6.08. The molecule has 2 radical (unpaired) electrons. The average molecular weight is 442 g/mol. The van der Waals surface area contributed by atoms with Gasteiger partial charge in [-0.25, -0.2) is 0 Å². The van der Waals surface area contributed by atoms with Crippen molar-refractivity contribution >= 4 is 31.9 Å². The Bertz CT molecular complexity index is 1030. The van der Waals surface area contributed by atoms with Gasteiger partial charge in [0.1, 0.15) is 6.21 Å². The van der Waals surface area contributed by atoms with E-state index in [1.807, 2.05) is 50.4 Å². The lowest BCUT2D eigenvalue weighted by Gasteiger charge is -2.11. The monoisotopic (exact) mass is 442 g/mol. The van der Waals surface area contributed by atoms with Crippen molar-refractivity contribution in [2.24, 2.45) is 5.73 Å². The van der Waals surface area contributed by atoms with E-state index in [1.165, 1.54) is 0 Å². The van der Waals surface area contributed by atoms with E-state index in [-0.39, 0.29) is 9.41 Å². The number of nitrogens with two attached hydrogens (primary N) is 1. The Kier molecular flexibility index (Phi) is 10.6. The average Bonchev–Trinajstić information content (AvgIpc) is 3.32. The minimum absolute atomic E-state index is 0. The van der Waals surface area contributed by atoms with Crippen molar-refractivity contribution in [2.45, 2.75) is 27.2 Å². The van der Waals surface area contributed by atoms with Crippen molar-refractivity contribution in [3.63, 3.8) is 0 Å². The first-order valence-corrected chi connectivity index (χ1v) is 10.3. The number of nitrogens with one attached hydrogen (secondary N) is 1. The summed E-state index contributed by atoms with van der Waals surface area (Å²) in [5.74, 6) is 1.52. The van der Waals surface area contributed by atoms with Crippen molar-refractivity contribution < 1.29 is 23.4 Å². The fraction of sp³-hybridized carbons (Fsp3) is 0.292. The molecule has 32 heavy (non-hydrogen) atoms. The van der Waals surface area contributed by atoms with Gasteiger partial charge < -0.3 is 20.2 Å². The zero-order valence-corrected chi connectivity index (χ0v) is 18.8. The zero-order chi connectivity index (χ0) is 21.5. The first kappa shape index (κ1) is 26.9. The van der Waals surface area contributed by atoms with Crippen LogP contribution in [0.1, 0.15) is 42.8 Å². The number of ether oxygens (including phenoxy) is 2. The van der Waals surface area contributed by atoms with E-state index in [1.54, 1.807) is 4.49 Å². The van der Waals surface area contributed by atoms with E-state index in [4.69, 9.17) is 23.2 Å². The molecule has 0 atom stereocenters. The van der Waals surface area contributed by atoms with Crippen LogP contribution in [-0.2, 0) is 0 Å². The molecule has 0 amide bonds. The highest BCUT2D eigenvalue weighted by atomic mass is 19.0. The molecule has 8 heteroatoms. The maximum Gasteiger partial charge on any atom is 0.586 e. The first-order chi connectivity index (χ1) is 14.6. The van der Waals surface area contributed by atoms with Crippen LogP contribution in [0, 0.1) is 6.92 Å². The topological polar surface area (TPSA) is 63.3 Å². The van der Waals surface area contributed by atoms with Gasteiger partial charge in [-0.15, -0.1) is 0 Å². The molecule has 1 aromatic heterocycles. The molecule has 170 valence electrons. The number of allylic oxidation sites excluding steroid dienone is 2. The molecule has 0 saturated carbocycles. The molecular formula is C24H31BF2N3O2+. The third-order valence-electron chi connectivity index (χ3n) is 4.84. The van der Waals surface area contributed by atoms with E-state index in [0.29, 0.717) is 19.8 Å². The Hall–Kier alpha value is -3.13. The molecule has 1 aliphatic rings. The summed E-state index contributed by atoms with van der Waals surface area (Å²) in [4.78, 5) is 3.52. The number of H-pyrrole nitrogens is 1. The highest BCUT2D eigenvalue weighted by Gasteiger charge is 2.20. The Morgan fingerprint density at radius 3 is 2.44 bits per heavy atom. The van der Waals surface area contributed by atoms with Gasteiger partial charge in [0.2, 0.25) is 0 Å². The molecular weight excluding hydrogens is 411 g/mol. The van der Waals surface area contributed by atoms with Gasteiger partial charge >= 0.3 is 7.98 Å². The quantitative estimate of drug-likeness (QED) is 0.567. The molecule has 0 saturated heterocycles. The third-order valence-corrected chi connectivity index (χ3v) is 4.84. The van der Waals surface area contributed by atoms with E-state index < -0.39 is 0 Å². The van der Waals surface area contributed by atoms with Gasteiger partial charge in [-0.2, -0.15) is 0 Å². The van der Waals surface area contributed by atoms with Crippen LogP contribution in [0.3, 0.4) is 0 Å². The number of benzene rings is 1. The van der Waals surface area contributed by atoms with Gasteiger partial charge in [0.25, 0.3) is 0 Å². The Balaban J connectivity index is 0.00000256. The zero-order valence-electron chi connectivity index (χ0n) is 18.8. The van der Waals surface area contributed by atoms with Crippen LogP contribution in [-0.4, -0.2) is 43.4 Å². The van der Waals surface area contributed by atoms with Crippen LogP contribution in [0.15, 0.2) is 42.1 Å².